The number of benzene rings is 1. The Morgan fingerprint density at radius 3 is 2.76 bits per heavy atom. The summed E-state index contributed by atoms with van der Waals surface area (Å²) in [6.07, 6.45) is 2.93. The molecule has 0 amide bonds. The van der Waals surface area contributed by atoms with Crippen LogP contribution < -0.4 is 5.32 Å². The second-order valence-electron chi connectivity index (χ2n) is 3.55. The molecule has 0 aliphatic heterocycles. The van der Waals surface area contributed by atoms with Gasteiger partial charge in [0.2, 0.25) is 0 Å². The van der Waals surface area contributed by atoms with E-state index >= 15 is 0 Å². The first kappa shape index (κ1) is 12.1. The first-order valence-corrected chi connectivity index (χ1v) is 7.76. The summed E-state index contributed by atoms with van der Waals surface area (Å²) < 4.78 is 23.1. The second kappa shape index (κ2) is 4.85. The van der Waals surface area contributed by atoms with Crippen molar-refractivity contribution < 1.29 is 8.42 Å². The first-order valence-electron chi connectivity index (χ1n) is 4.99. The maximum atomic E-state index is 11.6. The molecule has 0 saturated heterocycles. The lowest BCUT2D eigenvalue weighted by molar-refractivity contribution is 0.602. The van der Waals surface area contributed by atoms with Gasteiger partial charge in [-0.1, -0.05) is 12.1 Å². The predicted octanol–water partition coefficient (Wildman–Crippen LogP) is 2.16. The fraction of sp³-hybridized carbons (Fsp3) is 0.182. The van der Waals surface area contributed by atoms with Crippen LogP contribution in [-0.4, -0.2) is 19.7 Å². The number of anilines is 1. The van der Waals surface area contributed by atoms with E-state index in [9.17, 15) is 8.42 Å². The van der Waals surface area contributed by atoms with Crippen molar-refractivity contribution in [1.29, 1.82) is 0 Å². The lowest BCUT2D eigenvalue weighted by Crippen LogP contribution is -2.05. The molecule has 0 bridgehead atoms. The first-order chi connectivity index (χ1) is 8.07. The van der Waals surface area contributed by atoms with Crippen molar-refractivity contribution in [2.45, 2.75) is 11.4 Å². The zero-order chi connectivity index (χ0) is 12.3. The van der Waals surface area contributed by atoms with E-state index in [-0.39, 0.29) is 0 Å². The number of aromatic nitrogens is 1. The molecule has 0 aliphatic rings. The van der Waals surface area contributed by atoms with Gasteiger partial charge in [-0.25, -0.2) is 13.4 Å². The zero-order valence-electron chi connectivity index (χ0n) is 9.25. The van der Waals surface area contributed by atoms with Gasteiger partial charge in [-0.05, 0) is 12.1 Å². The van der Waals surface area contributed by atoms with Gasteiger partial charge in [-0.2, -0.15) is 0 Å². The third kappa shape index (κ3) is 3.04. The van der Waals surface area contributed by atoms with Crippen LogP contribution in [0.1, 0.15) is 5.01 Å². The van der Waals surface area contributed by atoms with Crippen LogP contribution in [0.2, 0.25) is 0 Å². The van der Waals surface area contributed by atoms with Gasteiger partial charge in [-0.15, -0.1) is 11.3 Å². The van der Waals surface area contributed by atoms with Gasteiger partial charge in [0.1, 0.15) is 5.01 Å². The van der Waals surface area contributed by atoms with E-state index in [1.165, 1.54) is 17.6 Å². The number of hydrogen-bond acceptors (Lipinski definition) is 5. The van der Waals surface area contributed by atoms with Gasteiger partial charge in [0.15, 0.2) is 9.84 Å². The Kier molecular flexibility index (Phi) is 3.44. The maximum Gasteiger partial charge on any atom is 0.177 e. The van der Waals surface area contributed by atoms with Crippen molar-refractivity contribution in [3.63, 3.8) is 0 Å². The van der Waals surface area contributed by atoms with E-state index in [1.54, 1.807) is 30.5 Å². The van der Waals surface area contributed by atoms with Crippen molar-refractivity contribution in [2.75, 3.05) is 11.6 Å². The van der Waals surface area contributed by atoms with E-state index in [4.69, 9.17) is 0 Å². The largest absolute Gasteiger partial charge is 0.377 e. The molecule has 17 heavy (non-hydrogen) atoms. The molecule has 1 N–H and O–H groups in total. The van der Waals surface area contributed by atoms with Crippen LogP contribution in [0.15, 0.2) is 40.7 Å². The average molecular weight is 268 g/mol. The Labute approximate surface area is 104 Å². The molecule has 2 aromatic rings. The van der Waals surface area contributed by atoms with Crippen LogP contribution in [0, 0.1) is 0 Å². The highest BCUT2D eigenvalue weighted by molar-refractivity contribution is 7.90. The summed E-state index contributed by atoms with van der Waals surface area (Å²) in [6.45, 7) is 0.532. The lowest BCUT2D eigenvalue weighted by atomic mass is 10.3. The van der Waals surface area contributed by atoms with Crippen molar-refractivity contribution in [3.8, 4) is 0 Å². The Morgan fingerprint density at radius 2 is 2.12 bits per heavy atom. The molecule has 0 aliphatic carbocycles. The third-order valence-electron chi connectivity index (χ3n) is 2.20. The SMILES string of the molecule is CS(=O)(=O)c1ccccc1NCc1nccs1. The van der Waals surface area contributed by atoms with E-state index in [2.05, 4.69) is 10.3 Å². The molecular formula is C11H12N2O2S2. The fourth-order valence-electron chi connectivity index (χ4n) is 1.45. The molecule has 0 fully saturated rings. The minimum absolute atomic E-state index is 0.316. The number of sulfone groups is 1. The molecule has 6 heteroatoms. The standard InChI is InChI=1S/C11H12N2O2S2/c1-17(14,15)10-5-3-2-4-9(10)13-8-11-12-6-7-16-11/h2-7,13H,8H2,1H3. The molecule has 1 aromatic carbocycles. The molecule has 4 nitrogen and oxygen atoms in total. The van der Waals surface area contributed by atoms with Crippen LogP contribution in [0.3, 0.4) is 0 Å². The van der Waals surface area contributed by atoms with Gasteiger partial charge in [0.05, 0.1) is 17.1 Å². The Balaban J connectivity index is 2.22. The number of para-hydroxylation sites is 1. The molecular weight excluding hydrogens is 256 g/mol. The summed E-state index contributed by atoms with van der Waals surface area (Å²) in [5, 5.41) is 5.90. The topological polar surface area (TPSA) is 59.1 Å². The van der Waals surface area contributed by atoms with Crippen LogP contribution in [0.5, 0.6) is 0 Å². The Morgan fingerprint density at radius 1 is 1.35 bits per heavy atom. The van der Waals surface area contributed by atoms with Gasteiger partial charge in [0.25, 0.3) is 0 Å². The highest BCUT2D eigenvalue weighted by atomic mass is 32.2. The van der Waals surface area contributed by atoms with Crippen LogP contribution in [-0.2, 0) is 16.4 Å². The normalized spacial score (nSPS) is 11.4. The zero-order valence-corrected chi connectivity index (χ0v) is 10.9. The van der Waals surface area contributed by atoms with E-state index in [0.29, 0.717) is 17.1 Å². The van der Waals surface area contributed by atoms with E-state index in [1.807, 2.05) is 5.38 Å². The summed E-state index contributed by atoms with van der Waals surface area (Å²) in [6, 6.07) is 6.87. The average Bonchev–Trinajstić information content (AvgIpc) is 2.78. The van der Waals surface area contributed by atoms with Crippen molar-refractivity contribution >= 4 is 26.9 Å². The molecule has 2 rings (SSSR count). The van der Waals surface area contributed by atoms with Gasteiger partial charge in [0, 0.05) is 17.8 Å². The number of nitrogens with one attached hydrogen (secondary N) is 1. The summed E-state index contributed by atoms with van der Waals surface area (Å²) in [5.41, 5.74) is 0.616. The maximum absolute atomic E-state index is 11.6. The monoisotopic (exact) mass is 268 g/mol. The van der Waals surface area contributed by atoms with E-state index < -0.39 is 9.84 Å². The molecule has 1 heterocycles. The summed E-state index contributed by atoms with van der Waals surface area (Å²) >= 11 is 1.53. The van der Waals surface area contributed by atoms with Crippen molar-refractivity contribution in [3.05, 3.63) is 40.8 Å². The smallest absolute Gasteiger partial charge is 0.177 e. The van der Waals surface area contributed by atoms with Gasteiger partial charge in [-0.3, -0.25) is 0 Å². The molecule has 0 unspecified atom stereocenters. The molecule has 0 spiro atoms. The van der Waals surface area contributed by atoms with Gasteiger partial charge < -0.3 is 5.32 Å². The minimum Gasteiger partial charge on any atom is -0.377 e. The summed E-state index contributed by atoms with van der Waals surface area (Å²) in [4.78, 5) is 4.45. The number of nitrogens with zero attached hydrogens (tertiary/aromatic N) is 1. The Hall–Kier alpha value is -1.40. The summed E-state index contributed by atoms with van der Waals surface area (Å²) in [5.74, 6) is 0. The molecule has 90 valence electrons. The molecule has 0 saturated carbocycles. The van der Waals surface area contributed by atoms with Gasteiger partial charge >= 0.3 is 0 Å². The number of rotatable bonds is 4. The lowest BCUT2D eigenvalue weighted by Gasteiger charge is -2.09. The van der Waals surface area contributed by atoms with Crippen LogP contribution in [0.4, 0.5) is 5.69 Å². The Bertz CT molecular complexity index is 592. The fourth-order valence-corrected chi connectivity index (χ4v) is 2.87. The van der Waals surface area contributed by atoms with Crippen molar-refractivity contribution in [1.82, 2.24) is 4.98 Å². The van der Waals surface area contributed by atoms with E-state index in [0.717, 1.165) is 5.01 Å². The van der Waals surface area contributed by atoms with Crippen molar-refractivity contribution in [2.24, 2.45) is 0 Å². The van der Waals surface area contributed by atoms with Crippen LogP contribution in [0.25, 0.3) is 0 Å². The minimum atomic E-state index is -3.20. The summed E-state index contributed by atoms with van der Waals surface area (Å²) in [7, 11) is -3.20. The third-order valence-corrected chi connectivity index (χ3v) is 4.13. The highest BCUT2D eigenvalue weighted by Crippen LogP contribution is 2.21. The molecule has 0 atom stereocenters. The number of hydrogen-bond donors (Lipinski definition) is 1. The highest BCUT2D eigenvalue weighted by Gasteiger charge is 2.12. The predicted molar refractivity (Wildman–Crippen MR) is 69.0 cm³/mol. The number of thiazole rings is 1. The quantitative estimate of drug-likeness (QED) is 0.923. The molecule has 1 aromatic heterocycles. The van der Waals surface area contributed by atoms with Crippen LogP contribution >= 0.6 is 11.3 Å². The molecule has 0 radical (unpaired) electrons. The second-order valence-corrected chi connectivity index (χ2v) is 6.51.